The Morgan fingerprint density at radius 2 is 2.10 bits per heavy atom. The third-order valence-corrected chi connectivity index (χ3v) is 3.23. The first-order valence-electron chi connectivity index (χ1n) is 6.77. The Bertz CT molecular complexity index is 683. The van der Waals surface area contributed by atoms with E-state index in [2.05, 4.69) is 24.3 Å². The van der Waals surface area contributed by atoms with Crippen LogP contribution in [0.25, 0.3) is 5.69 Å². The molecule has 0 radical (unpaired) electrons. The van der Waals surface area contributed by atoms with Crippen molar-refractivity contribution < 1.29 is 5.11 Å². The number of halogens is 1. The Labute approximate surface area is 128 Å². The molecule has 112 valence electrons. The number of aromatic nitrogens is 2. The zero-order valence-corrected chi connectivity index (χ0v) is 12.8. The molecule has 2 N–H and O–H groups in total. The normalized spacial score (nSPS) is 11.0. The maximum absolute atomic E-state index is 12.0. The number of rotatable bonds is 5. The van der Waals surface area contributed by atoms with E-state index in [0.717, 1.165) is 12.6 Å². The molecule has 0 aliphatic heterocycles. The summed E-state index contributed by atoms with van der Waals surface area (Å²) >= 11 is 6.09. The highest BCUT2D eigenvalue weighted by Crippen LogP contribution is 2.19. The second kappa shape index (κ2) is 6.74. The largest absolute Gasteiger partial charge is 0.506 e. The van der Waals surface area contributed by atoms with Gasteiger partial charge in [-0.05, 0) is 24.6 Å². The van der Waals surface area contributed by atoms with Crippen molar-refractivity contribution in [2.75, 3.05) is 6.54 Å². The molecule has 0 fully saturated rings. The summed E-state index contributed by atoms with van der Waals surface area (Å²) in [5.74, 6) is 0.376. The molecule has 1 aromatic carbocycles. The lowest BCUT2D eigenvalue weighted by Crippen LogP contribution is -2.25. The molecule has 2 rings (SSSR count). The number of nitrogens with one attached hydrogen (secondary N) is 1. The Morgan fingerprint density at radius 3 is 2.76 bits per heavy atom. The van der Waals surface area contributed by atoms with Gasteiger partial charge >= 0.3 is 0 Å². The van der Waals surface area contributed by atoms with Crippen LogP contribution in [0.5, 0.6) is 5.75 Å². The van der Waals surface area contributed by atoms with Crippen LogP contribution in [-0.2, 0) is 6.54 Å². The predicted octanol–water partition coefficient (Wildman–Crippen LogP) is 2.34. The van der Waals surface area contributed by atoms with Crippen molar-refractivity contribution in [3.05, 3.63) is 51.4 Å². The second-order valence-electron chi connectivity index (χ2n) is 5.20. The van der Waals surface area contributed by atoms with Gasteiger partial charge in [-0.1, -0.05) is 37.6 Å². The first kappa shape index (κ1) is 15.5. The monoisotopic (exact) mass is 307 g/mol. The zero-order chi connectivity index (χ0) is 15.4. The fourth-order valence-electron chi connectivity index (χ4n) is 1.88. The van der Waals surface area contributed by atoms with Crippen LogP contribution in [0.4, 0.5) is 0 Å². The Hall–Kier alpha value is -1.85. The lowest BCUT2D eigenvalue weighted by molar-refractivity contribution is 0.447. The summed E-state index contributed by atoms with van der Waals surface area (Å²) in [6.07, 6.45) is 0. The average molecular weight is 308 g/mol. The Kier molecular flexibility index (Phi) is 4.98. The maximum Gasteiger partial charge on any atom is 0.275 e. The van der Waals surface area contributed by atoms with Gasteiger partial charge in [0.25, 0.3) is 5.56 Å². The van der Waals surface area contributed by atoms with Gasteiger partial charge in [-0.15, -0.1) is 0 Å². The summed E-state index contributed by atoms with van der Waals surface area (Å²) in [5, 5.41) is 17.7. The first-order valence-corrected chi connectivity index (χ1v) is 7.14. The fourth-order valence-corrected chi connectivity index (χ4v) is 2.10. The summed E-state index contributed by atoms with van der Waals surface area (Å²) in [5.41, 5.74) is 0.484. The summed E-state index contributed by atoms with van der Waals surface area (Å²) in [7, 11) is 0. The number of para-hydroxylation sites is 1. The minimum absolute atomic E-state index is 0.112. The number of hydrogen-bond donors (Lipinski definition) is 2. The van der Waals surface area contributed by atoms with Crippen LogP contribution in [0.2, 0.25) is 5.02 Å². The molecule has 0 atom stereocenters. The van der Waals surface area contributed by atoms with Gasteiger partial charge in [0.1, 0.15) is 11.4 Å². The molecule has 1 aromatic heterocycles. The third-order valence-electron chi connectivity index (χ3n) is 2.91. The average Bonchev–Trinajstić information content (AvgIpc) is 2.42. The van der Waals surface area contributed by atoms with Gasteiger partial charge in [-0.3, -0.25) is 4.79 Å². The van der Waals surface area contributed by atoms with E-state index in [1.165, 1.54) is 4.68 Å². The van der Waals surface area contributed by atoms with E-state index in [9.17, 15) is 9.90 Å². The molecule has 2 aromatic rings. The third kappa shape index (κ3) is 3.83. The van der Waals surface area contributed by atoms with Gasteiger partial charge in [0, 0.05) is 12.6 Å². The van der Waals surface area contributed by atoms with E-state index < -0.39 is 5.56 Å². The van der Waals surface area contributed by atoms with E-state index >= 15 is 0 Å². The molecule has 0 bridgehead atoms. The van der Waals surface area contributed by atoms with Gasteiger partial charge < -0.3 is 10.4 Å². The second-order valence-corrected chi connectivity index (χ2v) is 5.61. The van der Waals surface area contributed by atoms with E-state index in [1.54, 1.807) is 24.3 Å². The number of hydrogen-bond acceptors (Lipinski definition) is 4. The summed E-state index contributed by atoms with van der Waals surface area (Å²) in [6, 6.07) is 8.11. The van der Waals surface area contributed by atoms with Gasteiger partial charge in [-0.2, -0.15) is 9.78 Å². The van der Waals surface area contributed by atoms with Crippen LogP contribution >= 0.6 is 11.6 Å². The molecule has 5 nitrogen and oxygen atoms in total. The molecule has 0 aliphatic rings. The Balaban J connectivity index is 2.35. The lowest BCUT2D eigenvalue weighted by Gasteiger charge is -2.11. The minimum atomic E-state index is -0.423. The van der Waals surface area contributed by atoms with Crippen molar-refractivity contribution in [2.45, 2.75) is 20.4 Å². The quantitative estimate of drug-likeness (QED) is 0.890. The van der Waals surface area contributed by atoms with Crippen LogP contribution in [0.15, 0.2) is 35.1 Å². The van der Waals surface area contributed by atoms with Crippen LogP contribution in [0, 0.1) is 5.92 Å². The summed E-state index contributed by atoms with van der Waals surface area (Å²) < 4.78 is 1.20. The van der Waals surface area contributed by atoms with Crippen LogP contribution in [0.1, 0.15) is 19.5 Å². The van der Waals surface area contributed by atoms with Crippen LogP contribution in [-0.4, -0.2) is 21.4 Å². The lowest BCUT2D eigenvalue weighted by atomic mass is 10.2. The molecule has 0 aliphatic carbocycles. The van der Waals surface area contributed by atoms with E-state index in [1.807, 2.05) is 0 Å². The molecule has 0 saturated carbocycles. The summed E-state index contributed by atoms with van der Waals surface area (Å²) in [6.45, 7) is 5.36. The van der Waals surface area contributed by atoms with E-state index in [0.29, 0.717) is 28.9 Å². The zero-order valence-electron chi connectivity index (χ0n) is 12.0. The molecular weight excluding hydrogens is 290 g/mol. The molecular formula is C15H18ClN3O2. The highest BCUT2D eigenvalue weighted by Gasteiger charge is 2.11. The highest BCUT2D eigenvalue weighted by atomic mass is 35.5. The topological polar surface area (TPSA) is 67.2 Å². The van der Waals surface area contributed by atoms with E-state index in [-0.39, 0.29) is 5.75 Å². The van der Waals surface area contributed by atoms with Gasteiger partial charge in [0.2, 0.25) is 0 Å². The van der Waals surface area contributed by atoms with Gasteiger partial charge in [0.15, 0.2) is 0 Å². The van der Waals surface area contributed by atoms with Crippen molar-refractivity contribution in [2.24, 2.45) is 5.92 Å². The Morgan fingerprint density at radius 1 is 1.38 bits per heavy atom. The molecule has 1 heterocycles. The van der Waals surface area contributed by atoms with Crippen LogP contribution in [0.3, 0.4) is 0 Å². The van der Waals surface area contributed by atoms with Gasteiger partial charge in [-0.25, -0.2) is 0 Å². The molecule has 21 heavy (non-hydrogen) atoms. The van der Waals surface area contributed by atoms with Gasteiger partial charge in [0.05, 0.1) is 10.7 Å². The van der Waals surface area contributed by atoms with Crippen molar-refractivity contribution >= 4 is 11.6 Å². The van der Waals surface area contributed by atoms with Crippen molar-refractivity contribution in [3.8, 4) is 11.4 Å². The smallest absolute Gasteiger partial charge is 0.275 e. The van der Waals surface area contributed by atoms with Crippen LogP contribution < -0.4 is 10.9 Å². The number of nitrogens with zero attached hydrogens (tertiary/aromatic N) is 2. The first-order chi connectivity index (χ1) is 9.99. The van der Waals surface area contributed by atoms with Crippen molar-refractivity contribution in [3.63, 3.8) is 0 Å². The van der Waals surface area contributed by atoms with E-state index in [4.69, 9.17) is 11.6 Å². The summed E-state index contributed by atoms with van der Waals surface area (Å²) in [4.78, 5) is 12.0. The maximum atomic E-state index is 12.0. The number of benzene rings is 1. The van der Waals surface area contributed by atoms with Crippen molar-refractivity contribution in [1.29, 1.82) is 0 Å². The molecule has 0 spiro atoms. The minimum Gasteiger partial charge on any atom is -0.506 e. The predicted molar refractivity (Wildman–Crippen MR) is 83.1 cm³/mol. The number of aromatic hydroxyl groups is 1. The fraction of sp³-hybridized carbons (Fsp3) is 0.333. The standard InChI is InChI=1S/C15H18ClN3O2/c1-10(2)8-17-9-12-14(20)7-15(21)19(18-12)13-6-4-3-5-11(13)16/h3-7,10,17,20H,8-9H2,1-2H3. The molecule has 6 heteroatoms. The molecule has 0 amide bonds. The molecule has 0 unspecified atom stereocenters. The highest BCUT2D eigenvalue weighted by molar-refractivity contribution is 6.32. The SMILES string of the molecule is CC(C)CNCc1nn(-c2ccccc2Cl)c(=O)cc1O. The molecule has 0 saturated heterocycles. The van der Waals surface area contributed by atoms with Crippen molar-refractivity contribution in [1.82, 2.24) is 15.1 Å².